The van der Waals surface area contributed by atoms with Crippen molar-refractivity contribution < 1.29 is 9.18 Å². The largest absolute Gasteiger partial charge is 0.389 e. The van der Waals surface area contributed by atoms with Crippen LogP contribution in [0.25, 0.3) is 32.1 Å². The lowest BCUT2D eigenvalue weighted by molar-refractivity contribution is -0.135. The number of fused-ring (bicyclic) bond motifs is 1. The minimum Gasteiger partial charge on any atom is -0.389 e. The molecule has 9 nitrogen and oxygen atoms in total. The Kier molecular flexibility index (Phi) is 7.51. The number of hydrogen-bond donors (Lipinski definition) is 1. The lowest BCUT2D eigenvalue weighted by atomic mass is 9.97. The average molecular weight is 650 g/mol. The number of nitrogen functional groups attached to an aromatic ring is 1. The SMILES string of the molecule is C=NC1CCN(c2nc(=O)n3c4c(c(-c5ccc(F)c6sc(N)c(C#N)c56)c(Cl)cc24)SCC(N2CCCCC2=O)C3)CC1. The van der Waals surface area contributed by atoms with Crippen molar-refractivity contribution in [2.24, 2.45) is 4.99 Å². The van der Waals surface area contributed by atoms with Crippen LogP contribution in [0.5, 0.6) is 0 Å². The number of piperidine rings is 2. The van der Waals surface area contributed by atoms with E-state index in [-0.39, 0.29) is 33.3 Å². The Labute approximate surface area is 266 Å². The monoisotopic (exact) mass is 649 g/mol. The van der Waals surface area contributed by atoms with E-state index >= 15 is 4.39 Å². The second kappa shape index (κ2) is 11.4. The van der Waals surface area contributed by atoms with Crippen molar-refractivity contribution in [2.75, 3.05) is 36.0 Å². The number of nitrogens with two attached hydrogens (primary N) is 1. The number of carbonyl (C=O) groups excluding carboxylic acids is 1. The Morgan fingerprint density at radius 2 is 2.00 bits per heavy atom. The highest BCUT2D eigenvalue weighted by Gasteiger charge is 2.34. The molecule has 2 saturated heterocycles. The molecule has 2 aromatic carbocycles. The molecule has 5 heterocycles. The predicted octanol–water partition coefficient (Wildman–Crippen LogP) is 5.68. The van der Waals surface area contributed by atoms with Gasteiger partial charge in [-0.3, -0.25) is 14.4 Å². The Balaban J connectivity index is 1.49. The Morgan fingerprint density at radius 1 is 1.20 bits per heavy atom. The molecule has 0 spiro atoms. The summed E-state index contributed by atoms with van der Waals surface area (Å²) in [5, 5.41) is 11.8. The number of thiophene rings is 1. The van der Waals surface area contributed by atoms with Crippen molar-refractivity contribution in [2.45, 2.75) is 55.6 Å². The van der Waals surface area contributed by atoms with Crippen LogP contribution in [0, 0.1) is 17.1 Å². The number of carbonyl (C=O) groups is 1. The first kappa shape index (κ1) is 29.1. The molecule has 226 valence electrons. The molecule has 4 aromatic rings. The van der Waals surface area contributed by atoms with Crippen LogP contribution in [0.1, 0.15) is 37.7 Å². The summed E-state index contributed by atoms with van der Waals surface area (Å²) < 4.78 is 17.0. The van der Waals surface area contributed by atoms with Gasteiger partial charge in [-0.25, -0.2) is 9.18 Å². The average Bonchev–Trinajstić information content (AvgIpc) is 3.24. The van der Waals surface area contributed by atoms with E-state index in [1.54, 1.807) is 10.6 Å². The van der Waals surface area contributed by atoms with Crippen LogP contribution in [0.15, 0.2) is 32.9 Å². The van der Waals surface area contributed by atoms with Gasteiger partial charge in [0.1, 0.15) is 22.7 Å². The van der Waals surface area contributed by atoms with Gasteiger partial charge in [-0.05, 0) is 50.1 Å². The highest BCUT2D eigenvalue weighted by atomic mass is 35.5. The van der Waals surface area contributed by atoms with Crippen LogP contribution in [0.4, 0.5) is 15.2 Å². The summed E-state index contributed by atoms with van der Waals surface area (Å²) in [4.78, 5) is 40.5. The first-order chi connectivity index (χ1) is 21.3. The van der Waals surface area contributed by atoms with Gasteiger partial charge in [-0.15, -0.1) is 23.1 Å². The minimum atomic E-state index is -0.470. The van der Waals surface area contributed by atoms with Gasteiger partial charge in [0.15, 0.2) is 0 Å². The minimum absolute atomic E-state index is 0.0892. The van der Waals surface area contributed by atoms with Gasteiger partial charge in [0, 0.05) is 59.6 Å². The zero-order valence-corrected chi connectivity index (χ0v) is 26.2. The summed E-state index contributed by atoms with van der Waals surface area (Å²) in [7, 11) is 0. The summed E-state index contributed by atoms with van der Waals surface area (Å²) in [6.07, 6.45) is 3.86. The van der Waals surface area contributed by atoms with Crippen LogP contribution in [-0.2, 0) is 11.3 Å². The summed E-state index contributed by atoms with van der Waals surface area (Å²) in [5.74, 6) is 0.712. The molecule has 0 bridgehead atoms. The van der Waals surface area contributed by atoms with E-state index < -0.39 is 11.5 Å². The molecule has 1 atom stereocenters. The van der Waals surface area contributed by atoms with E-state index in [0.717, 1.165) is 47.3 Å². The number of rotatable bonds is 4. The van der Waals surface area contributed by atoms with Crippen molar-refractivity contribution >= 4 is 79.1 Å². The molecular formula is C31H29ClFN7O2S2. The zero-order valence-electron chi connectivity index (χ0n) is 23.8. The number of nitriles is 1. The van der Waals surface area contributed by atoms with Crippen molar-refractivity contribution in [3.63, 3.8) is 0 Å². The molecule has 13 heteroatoms. The van der Waals surface area contributed by atoms with E-state index in [0.29, 0.717) is 71.2 Å². The standard InChI is InChI=1S/C31H29ClFN7O2S2/c1-36-16-7-10-38(11-8-16)30-19-12-21(32)25(18-5-6-22(33)27-24(18)20(13-34)29(35)44-27)28-26(19)40(31(42)37-30)14-17(15-43-28)39-9-3-2-4-23(39)41/h5-6,12,16-17H,1-4,7-11,14-15,35H2. The number of thioether (sulfide) groups is 1. The fourth-order valence-electron chi connectivity index (χ4n) is 6.78. The van der Waals surface area contributed by atoms with Crippen LogP contribution in [0.3, 0.4) is 0 Å². The van der Waals surface area contributed by atoms with Crippen molar-refractivity contribution in [3.05, 3.63) is 45.1 Å². The topological polar surface area (TPSA) is 121 Å². The van der Waals surface area contributed by atoms with Crippen LogP contribution >= 0.6 is 34.7 Å². The summed E-state index contributed by atoms with van der Waals surface area (Å²) >= 11 is 9.72. The van der Waals surface area contributed by atoms with Gasteiger partial charge in [0.05, 0.1) is 32.9 Å². The maximum atomic E-state index is 15.0. The van der Waals surface area contributed by atoms with Gasteiger partial charge in [0.2, 0.25) is 5.91 Å². The number of anilines is 2. The molecule has 0 radical (unpaired) electrons. The van der Waals surface area contributed by atoms with Gasteiger partial charge in [0.25, 0.3) is 0 Å². The van der Waals surface area contributed by atoms with Gasteiger partial charge in [-0.2, -0.15) is 10.2 Å². The molecule has 1 amide bonds. The Morgan fingerprint density at radius 3 is 2.73 bits per heavy atom. The molecule has 2 N–H and O–H groups in total. The molecule has 7 rings (SSSR count). The number of amides is 1. The molecule has 0 saturated carbocycles. The van der Waals surface area contributed by atoms with E-state index in [1.165, 1.54) is 17.8 Å². The zero-order chi connectivity index (χ0) is 30.7. The molecule has 2 aromatic heterocycles. The molecule has 3 aliphatic rings. The molecule has 3 aliphatic heterocycles. The van der Waals surface area contributed by atoms with Crippen molar-refractivity contribution in [3.8, 4) is 17.2 Å². The number of halogens is 2. The lowest BCUT2D eigenvalue weighted by Gasteiger charge is -2.34. The molecule has 0 aliphatic carbocycles. The third-order valence-corrected chi connectivity index (χ3v) is 11.5. The van der Waals surface area contributed by atoms with Crippen LogP contribution in [0.2, 0.25) is 5.02 Å². The number of hydrogen-bond acceptors (Lipinski definition) is 9. The third-order valence-electron chi connectivity index (χ3n) is 8.99. The second-order valence-corrected chi connectivity index (χ2v) is 13.9. The normalized spacial score (nSPS) is 19.4. The summed E-state index contributed by atoms with van der Waals surface area (Å²) in [6.45, 7) is 5.98. The fourth-order valence-corrected chi connectivity index (χ4v) is 9.45. The summed E-state index contributed by atoms with van der Waals surface area (Å²) in [6, 6.07) is 6.91. The number of benzene rings is 2. The first-order valence-corrected chi connectivity index (χ1v) is 16.8. The van der Waals surface area contributed by atoms with Crippen LogP contribution < -0.4 is 16.3 Å². The fraction of sp³-hybridized carbons (Fsp3) is 0.387. The molecule has 44 heavy (non-hydrogen) atoms. The molecule has 1 unspecified atom stereocenters. The van der Waals surface area contributed by atoms with E-state index in [4.69, 9.17) is 17.3 Å². The van der Waals surface area contributed by atoms with Gasteiger partial charge < -0.3 is 15.5 Å². The highest BCUT2D eigenvalue weighted by Crippen LogP contribution is 2.49. The van der Waals surface area contributed by atoms with E-state index in [9.17, 15) is 14.9 Å². The number of likely N-dealkylation sites (tertiary alicyclic amines) is 1. The number of aliphatic imine (C=N–C) groups is 1. The third kappa shape index (κ3) is 4.64. The van der Waals surface area contributed by atoms with E-state index in [1.807, 2.05) is 11.0 Å². The number of aromatic nitrogens is 2. The Bertz CT molecular complexity index is 1960. The van der Waals surface area contributed by atoms with Gasteiger partial charge >= 0.3 is 5.69 Å². The quantitative estimate of drug-likeness (QED) is 0.282. The number of nitrogens with zero attached hydrogens (tertiary/aromatic N) is 6. The smallest absolute Gasteiger partial charge is 0.350 e. The predicted molar refractivity (Wildman–Crippen MR) is 176 cm³/mol. The lowest BCUT2D eigenvalue weighted by Crippen LogP contribution is -2.47. The van der Waals surface area contributed by atoms with Crippen LogP contribution in [-0.4, -0.2) is 64.5 Å². The van der Waals surface area contributed by atoms with Gasteiger partial charge in [-0.1, -0.05) is 17.7 Å². The second-order valence-electron chi connectivity index (χ2n) is 11.4. The summed E-state index contributed by atoms with van der Waals surface area (Å²) in [5.41, 5.74) is 7.84. The van der Waals surface area contributed by atoms with Crippen molar-refractivity contribution in [1.82, 2.24) is 14.5 Å². The molecule has 2 fully saturated rings. The van der Waals surface area contributed by atoms with Crippen molar-refractivity contribution in [1.29, 1.82) is 5.26 Å². The maximum absolute atomic E-state index is 15.0. The first-order valence-electron chi connectivity index (χ1n) is 14.6. The van der Waals surface area contributed by atoms with E-state index in [2.05, 4.69) is 27.7 Å². The maximum Gasteiger partial charge on any atom is 0.350 e. The Hall–Kier alpha value is -3.66. The highest BCUT2D eigenvalue weighted by molar-refractivity contribution is 7.99. The molecular weight excluding hydrogens is 621 g/mol.